The Kier molecular flexibility index (Phi) is 6.39. The number of nitrogens with one attached hydrogen (secondary N) is 1. The molecule has 2 aromatic carbocycles. The molecule has 2 rings (SSSR count). The van der Waals surface area contributed by atoms with Gasteiger partial charge in [-0.25, -0.2) is 8.42 Å². The van der Waals surface area contributed by atoms with Crippen molar-refractivity contribution >= 4 is 50.5 Å². The number of anilines is 2. The highest BCUT2D eigenvalue weighted by molar-refractivity contribution is 7.92. The van der Waals surface area contributed by atoms with Crippen molar-refractivity contribution in [3.63, 3.8) is 0 Å². The Bertz CT molecular complexity index is 919. The number of hydrogen-bond donors (Lipinski definition) is 1. The number of amides is 1. The number of carbonyl (C=O) groups is 1. The fourth-order valence-electron chi connectivity index (χ4n) is 2.38. The largest absolute Gasteiger partial charge is 0.497 e. The first-order valence-electron chi connectivity index (χ1n) is 7.53. The van der Waals surface area contributed by atoms with E-state index in [0.717, 1.165) is 10.6 Å². The summed E-state index contributed by atoms with van der Waals surface area (Å²) in [6.07, 6.45) is 1.04. The lowest BCUT2D eigenvalue weighted by Crippen LogP contribution is -2.45. The van der Waals surface area contributed by atoms with E-state index >= 15 is 0 Å². The molecule has 0 saturated heterocycles. The molecule has 0 aliphatic carbocycles. The number of ether oxygens (including phenoxy) is 1. The van der Waals surface area contributed by atoms with Crippen molar-refractivity contribution in [3.05, 3.63) is 52.5 Å². The molecule has 1 amide bonds. The highest BCUT2D eigenvalue weighted by Gasteiger charge is 2.29. The van der Waals surface area contributed by atoms with Crippen molar-refractivity contribution in [3.8, 4) is 5.75 Å². The van der Waals surface area contributed by atoms with Gasteiger partial charge in [0.05, 0.1) is 29.1 Å². The maximum atomic E-state index is 12.6. The number of rotatable bonds is 6. The molecule has 9 heteroatoms. The van der Waals surface area contributed by atoms with E-state index in [0.29, 0.717) is 22.1 Å². The third kappa shape index (κ3) is 4.81. The Balaban J connectivity index is 2.32. The lowest BCUT2D eigenvalue weighted by Gasteiger charge is -2.28. The van der Waals surface area contributed by atoms with Crippen LogP contribution < -0.4 is 14.4 Å². The van der Waals surface area contributed by atoms with E-state index in [2.05, 4.69) is 5.32 Å². The Labute approximate surface area is 162 Å². The van der Waals surface area contributed by atoms with Crippen LogP contribution >= 0.6 is 23.2 Å². The predicted molar refractivity (Wildman–Crippen MR) is 105 cm³/mol. The van der Waals surface area contributed by atoms with Crippen LogP contribution in [0.3, 0.4) is 0 Å². The molecule has 0 unspecified atom stereocenters. The van der Waals surface area contributed by atoms with Crippen molar-refractivity contribution in [1.29, 1.82) is 0 Å². The molecule has 26 heavy (non-hydrogen) atoms. The fraction of sp³-hybridized carbons (Fsp3) is 0.235. The summed E-state index contributed by atoms with van der Waals surface area (Å²) in [5, 5.41) is 3.28. The highest BCUT2D eigenvalue weighted by Crippen LogP contribution is 2.27. The quantitative estimate of drug-likeness (QED) is 0.776. The Hall–Kier alpha value is -1.96. The minimum Gasteiger partial charge on any atom is -0.497 e. The van der Waals surface area contributed by atoms with E-state index < -0.39 is 22.0 Å². The molecule has 6 nitrogen and oxygen atoms in total. The SMILES string of the molecule is COc1cccc(N([C@@H](C)C(=O)Nc2ccc(Cl)c(Cl)c2)S(C)(=O)=O)c1. The molecule has 0 heterocycles. The van der Waals surface area contributed by atoms with Gasteiger partial charge in [0.1, 0.15) is 11.8 Å². The first-order chi connectivity index (χ1) is 12.1. The number of halogens is 2. The lowest BCUT2D eigenvalue weighted by atomic mass is 10.2. The molecular formula is C17H18Cl2N2O4S. The summed E-state index contributed by atoms with van der Waals surface area (Å²) >= 11 is 11.8. The van der Waals surface area contributed by atoms with E-state index in [9.17, 15) is 13.2 Å². The zero-order chi connectivity index (χ0) is 19.5. The standard InChI is InChI=1S/C17H18Cl2N2O4S/c1-11(17(22)20-12-7-8-15(18)16(19)9-12)21(26(3,23)24)13-5-4-6-14(10-13)25-2/h4-11H,1-3H3,(H,20,22)/t11-/m0/s1. The number of benzene rings is 2. The topological polar surface area (TPSA) is 75.7 Å². The van der Waals surface area contributed by atoms with Crippen molar-refractivity contribution in [1.82, 2.24) is 0 Å². The third-order valence-corrected chi connectivity index (χ3v) is 5.56. The average molecular weight is 417 g/mol. The van der Waals surface area contributed by atoms with Crippen LogP contribution in [0.15, 0.2) is 42.5 Å². The molecule has 0 bridgehead atoms. The van der Waals surface area contributed by atoms with Crippen molar-refractivity contribution < 1.29 is 17.9 Å². The molecule has 1 N–H and O–H groups in total. The van der Waals surface area contributed by atoms with Crippen LogP contribution in [0.2, 0.25) is 10.0 Å². The second-order valence-corrected chi connectivity index (χ2v) is 8.23. The number of hydrogen-bond acceptors (Lipinski definition) is 4. The van der Waals surface area contributed by atoms with E-state index in [1.807, 2.05) is 0 Å². The molecule has 0 radical (unpaired) electrons. The molecule has 0 saturated carbocycles. The summed E-state index contributed by atoms with van der Waals surface area (Å²) in [7, 11) is -2.25. The molecule has 1 atom stereocenters. The second kappa shape index (κ2) is 8.16. The summed E-state index contributed by atoms with van der Waals surface area (Å²) in [6, 6.07) is 10.1. The van der Waals surface area contributed by atoms with Gasteiger partial charge in [0.2, 0.25) is 15.9 Å². The molecule has 140 valence electrons. The van der Waals surface area contributed by atoms with Gasteiger partial charge < -0.3 is 10.1 Å². The lowest BCUT2D eigenvalue weighted by molar-refractivity contribution is -0.116. The summed E-state index contributed by atoms with van der Waals surface area (Å²) in [6.45, 7) is 1.49. The van der Waals surface area contributed by atoms with Crippen LogP contribution in [0, 0.1) is 0 Å². The van der Waals surface area contributed by atoms with Gasteiger partial charge in [-0.15, -0.1) is 0 Å². The normalized spacial score (nSPS) is 12.3. The van der Waals surface area contributed by atoms with Crippen LogP contribution in [-0.2, 0) is 14.8 Å². The van der Waals surface area contributed by atoms with E-state index in [4.69, 9.17) is 27.9 Å². The molecular weight excluding hydrogens is 399 g/mol. The maximum absolute atomic E-state index is 12.6. The van der Waals surface area contributed by atoms with Gasteiger partial charge in [0.25, 0.3) is 0 Å². The Morgan fingerprint density at radius 2 is 1.85 bits per heavy atom. The highest BCUT2D eigenvalue weighted by atomic mass is 35.5. The summed E-state index contributed by atoms with van der Waals surface area (Å²) in [5.41, 5.74) is 0.735. The van der Waals surface area contributed by atoms with Crippen LogP contribution in [0.5, 0.6) is 5.75 Å². The smallest absolute Gasteiger partial charge is 0.247 e. The molecule has 0 fully saturated rings. The summed E-state index contributed by atoms with van der Waals surface area (Å²) in [4.78, 5) is 12.6. The minimum atomic E-state index is -3.72. The van der Waals surface area contributed by atoms with Crippen molar-refractivity contribution in [2.45, 2.75) is 13.0 Å². The molecule has 0 aliphatic rings. The number of carbonyl (C=O) groups excluding carboxylic acids is 1. The molecule has 0 spiro atoms. The van der Waals surface area contributed by atoms with Crippen molar-refractivity contribution in [2.75, 3.05) is 23.0 Å². The summed E-state index contributed by atoms with van der Waals surface area (Å²) < 4.78 is 30.7. The van der Waals surface area contributed by atoms with Gasteiger partial charge in [-0.2, -0.15) is 0 Å². The van der Waals surface area contributed by atoms with Gasteiger partial charge in [-0.3, -0.25) is 9.10 Å². The Morgan fingerprint density at radius 1 is 1.15 bits per heavy atom. The second-order valence-electron chi connectivity index (χ2n) is 5.55. The fourth-order valence-corrected chi connectivity index (χ4v) is 3.84. The van der Waals surface area contributed by atoms with Gasteiger partial charge in [-0.05, 0) is 37.3 Å². The minimum absolute atomic E-state index is 0.282. The zero-order valence-corrected chi connectivity index (χ0v) is 16.7. The molecule has 2 aromatic rings. The van der Waals surface area contributed by atoms with Crippen molar-refractivity contribution in [2.24, 2.45) is 0 Å². The van der Waals surface area contributed by atoms with Crippen LogP contribution in [0.4, 0.5) is 11.4 Å². The van der Waals surface area contributed by atoms with E-state index in [1.54, 1.807) is 36.4 Å². The zero-order valence-electron chi connectivity index (χ0n) is 14.4. The van der Waals surface area contributed by atoms with Crippen LogP contribution in [0.1, 0.15) is 6.92 Å². The van der Waals surface area contributed by atoms with Gasteiger partial charge >= 0.3 is 0 Å². The van der Waals surface area contributed by atoms with Gasteiger partial charge in [-0.1, -0.05) is 29.3 Å². The third-order valence-electron chi connectivity index (χ3n) is 3.58. The number of sulfonamides is 1. The number of methoxy groups -OCH3 is 1. The Morgan fingerprint density at radius 3 is 2.42 bits per heavy atom. The van der Waals surface area contributed by atoms with Crippen LogP contribution in [-0.4, -0.2) is 33.7 Å². The van der Waals surface area contributed by atoms with Crippen LogP contribution in [0.25, 0.3) is 0 Å². The maximum Gasteiger partial charge on any atom is 0.247 e. The first-order valence-corrected chi connectivity index (χ1v) is 10.1. The van der Waals surface area contributed by atoms with Gasteiger partial charge in [0, 0.05) is 11.8 Å². The summed E-state index contributed by atoms with van der Waals surface area (Å²) in [5.74, 6) is -0.0372. The average Bonchev–Trinajstić information content (AvgIpc) is 2.57. The number of nitrogens with zero attached hydrogens (tertiary/aromatic N) is 1. The van der Waals surface area contributed by atoms with Gasteiger partial charge in [0.15, 0.2) is 0 Å². The molecule has 0 aromatic heterocycles. The monoisotopic (exact) mass is 416 g/mol. The molecule has 0 aliphatic heterocycles. The van der Waals surface area contributed by atoms with E-state index in [1.165, 1.54) is 20.1 Å². The predicted octanol–water partition coefficient (Wildman–Crippen LogP) is 3.80. The first kappa shape index (κ1) is 20.4. The van der Waals surface area contributed by atoms with E-state index in [-0.39, 0.29) is 5.02 Å².